The number of ketones is 1. The fourth-order valence-electron chi connectivity index (χ4n) is 2.44. The maximum Gasteiger partial charge on any atom is 0.306 e. The van der Waals surface area contributed by atoms with Crippen LogP contribution >= 0.6 is 0 Å². The van der Waals surface area contributed by atoms with Gasteiger partial charge in [0.15, 0.2) is 0 Å². The van der Waals surface area contributed by atoms with Crippen LogP contribution in [0.15, 0.2) is 12.2 Å². The Kier molecular flexibility index (Phi) is 6.69. The van der Waals surface area contributed by atoms with Gasteiger partial charge in [0.1, 0.15) is 5.78 Å². The molecule has 0 radical (unpaired) electrons. The van der Waals surface area contributed by atoms with Crippen LogP contribution in [0.4, 0.5) is 0 Å². The molecule has 0 heterocycles. The Balaban J connectivity index is 2.45. The molecule has 1 aliphatic rings. The van der Waals surface area contributed by atoms with E-state index in [9.17, 15) is 9.59 Å². The number of ether oxygens (including phenoxy) is 1. The molecule has 0 aromatic heterocycles. The average Bonchev–Trinajstić information content (AvgIpc) is 2.69. The number of hydrogen-bond donors (Lipinski definition) is 0. The molecule has 0 aliphatic heterocycles. The van der Waals surface area contributed by atoms with Crippen LogP contribution in [0.2, 0.25) is 0 Å². The molecule has 0 aromatic carbocycles. The molecule has 0 N–H and O–H groups in total. The van der Waals surface area contributed by atoms with Crippen LogP contribution in [0.25, 0.3) is 0 Å². The zero-order valence-electron chi connectivity index (χ0n) is 11.5. The van der Waals surface area contributed by atoms with E-state index >= 15 is 0 Å². The highest BCUT2D eigenvalue weighted by Crippen LogP contribution is 2.34. The van der Waals surface area contributed by atoms with Gasteiger partial charge in [-0.1, -0.05) is 26.0 Å². The molecule has 102 valence electrons. The van der Waals surface area contributed by atoms with Crippen LogP contribution < -0.4 is 0 Å². The van der Waals surface area contributed by atoms with Gasteiger partial charge in [-0.2, -0.15) is 0 Å². The highest BCUT2D eigenvalue weighted by molar-refractivity contribution is 5.84. The molecule has 18 heavy (non-hydrogen) atoms. The number of esters is 1. The maximum atomic E-state index is 11.8. The molecule has 1 saturated carbocycles. The number of hydrogen-bond acceptors (Lipinski definition) is 3. The lowest BCUT2D eigenvalue weighted by Crippen LogP contribution is -2.18. The van der Waals surface area contributed by atoms with E-state index in [1.165, 1.54) is 0 Å². The van der Waals surface area contributed by atoms with Crippen molar-refractivity contribution in [2.45, 2.75) is 52.4 Å². The van der Waals surface area contributed by atoms with Crippen molar-refractivity contribution in [3.8, 4) is 0 Å². The summed E-state index contributed by atoms with van der Waals surface area (Å²) in [7, 11) is 0. The monoisotopic (exact) mass is 252 g/mol. The van der Waals surface area contributed by atoms with E-state index in [1.54, 1.807) is 0 Å². The predicted octanol–water partition coefficient (Wildman–Crippen LogP) is 3.28. The lowest BCUT2D eigenvalue weighted by Gasteiger charge is -2.16. The van der Waals surface area contributed by atoms with Gasteiger partial charge in [0.25, 0.3) is 0 Å². The number of rotatable bonds is 7. The fraction of sp³-hybridized carbons (Fsp3) is 0.733. The van der Waals surface area contributed by atoms with E-state index in [0.717, 1.165) is 25.7 Å². The summed E-state index contributed by atoms with van der Waals surface area (Å²) in [5, 5.41) is 0. The summed E-state index contributed by atoms with van der Waals surface area (Å²) in [6.07, 6.45) is 8.62. The molecular formula is C15H24O3. The number of Topliss-reactive ketones (excluding diaryl/α,β-unsaturated/α-hetero) is 1. The third-order valence-electron chi connectivity index (χ3n) is 3.43. The van der Waals surface area contributed by atoms with Gasteiger partial charge >= 0.3 is 5.97 Å². The summed E-state index contributed by atoms with van der Waals surface area (Å²) in [6.45, 7) is 4.54. The zero-order chi connectivity index (χ0) is 13.4. The second kappa shape index (κ2) is 8.06. The normalized spacial score (nSPS) is 23.8. The lowest BCUT2D eigenvalue weighted by molar-refractivity contribution is -0.145. The number of carbonyl (C=O) groups is 2. The Morgan fingerprint density at radius 1 is 1.39 bits per heavy atom. The third kappa shape index (κ3) is 4.63. The van der Waals surface area contributed by atoms with Crippen molar-refractivity contribution in [1.82, 2.24) is 0 Å². The fourth-order valence-corrected chi connectivity index (χ4v) is 2.44. The first kappa shape index (κ1) is 14.9. The molecule has 1 aliphatic carbocycles. The molecule has 3 heteroatoms. The summed E-state index contributed by atoms with van der Waals surface area (Å²) < 4.78 is 5.09. The van der Waals surface area contributed by atoms with Gasteiger partial charge in [0, 0.05) is 18.8 Å². The topological polar surface area (TPSA) is 43.4 Å². The summed E-state index contributed by atoms with van der Waals surface area (Å²) in [5.41, 5.74) is 0. The first-order valence-electron chi connectivity index (χ1n) is 7.02. The van der Waals surface area contributed by atoms with Gasteiger partial charge in [-0.25, -0.2) is 0 Å². The van der Waals surface area contributed by atoms with E-state index in [0.29, 0.717) is 25.2 Å². The Bertz CT molecular complexity index is 307. The first-order valence-corrected chi connectivity index (χ1v) is 7.02. The maximum absolute atomic E-state index is 11.8. The van der Waals surface area contributed by atoms with Crippen molar-refractivity contribution in [1.29, 1.82) is 0 Å². The minimum atomic E-state index is -0.152. The van der Waals surface area contributed by atoms with Crippen LogP contribution in [0.5, 0.6) is 0 Å². The van der Waals surface area contributed by atoms with Gasteiger partial charge in [-0.05, 0) is 31.6 Å². The smallest absolute Gasteiger partial charge is 0.306 e. The predicted molar refractivity (Wildman–Crippen MR) is 71.1 cm³/mol. The minimum Gasteiger partial charge on any atom is -0.466 e. The van der Waals surface area contributed by atoms with Crippen LogP contribution in [0.1, 0.15) is 52.4 Å². The molecule has 0 bridgehead atoms. The summed E-state index contributed by atoms with van der Waals surface area (Å²) >= 11 is 0. The van der Waals surface area contributed by atoms with Crippen LogP contribution in [0.3, 0.4) is 0 Å². The van der Waals surface area contributed by atoms with Gasteiger partial charge in [-0.3, -0.25) is 9.59 Å². The SMILES string of the molecule is CC/C=C\CC1C(=O)CCC1CC(=O)OCCC. The van der Waals surface area contributed by atoms with E-state index in [2.05, 4.69) is 19.1 Å². The van der Waals surface area contributed by atoms with Gasteiger partial charge in [0.2, 0.25) is 0 Å². The molecule has 0 aromatic rings. The molecule has 2 atom stereocenters. The highest BCUT2D eigenvalue weighted by atomic mass is 16.5. The molecule has 0 spiro atoms. The van der Waals surface area contributed by atoms with Crippen molar-refractivity contribution in [3.63, 3.8) is 0 Å². The lowest BCUT2D eigenvalue weighted by atomic mass is 9.89. The van der Waals surface area contributed by atoms with Crippen molar-refractivity contribution >= 4 is 11.8 Å². The molecule has 0 saturated heterocycles. The molecule has 1 rings (SSSR count). The minimum absolute atomic E-state index is 0.0296. The Labute approximate surface area is 110 Å². The highest BCUT2D eigenvalue weighted by Gasteiger charge is 2.35. The average molecular weight is 252 g/mol. The number of carbonyl (C=O) groups excluding carboxylic acids is 2. The van der Waals surface area contributed by atoms with Crippen molar-refractivity contribution in [3.05, 3.63) is 12.2 Å². The summed E-state index contributed by atoms with van der Waals surface area (Å²) in [4.78, 5) is 23.4. The van der Waals surface area contributed by atoms with Crippen molar-refractivity contribution < 1.29 is 14.3 Å². The van der Waals surface area contributed by atoms with E-state index < -0.39 is 0 Å². The van der Waals surface area contributed by atoms with Crippen molar-refractivity contribution in [2.24, 2.45) is 11.8 Å². The van der Waals surface area contributed by atoms with E-state index in [4.69, 9.17) is 4.74 Å². The van der Waals surface area contributed by atoms with Crippen LogP contribution in [-0.4, -0.2) is 18.4 Å². The summed E-state index contributed by atoms with van der Waals surface area (Å²) in [5.74, 6) is 0.371. The molecule has 2 unspecified atom stereocenters. The largest absolute Gasteiger partial charge is 0.466 e. The van der Waals surface area contributed by atoms with E-state index in [-0.39, 0.29) is 17.8 Å². The van der Waals surface area contributed by atoms with Crippen LogP contribution in [0, 0.1) is 11.8 Å². The van der Waals surface area contributed by atoms with Gasteiger partial charge in [-0.15, -0.1) is 0 Å². The molecule has 3 nitrogen and oxygen atoms in total. The van der Waals surface area contributed by atoms with Crippen LogP contribution in [-0.2, 0) is 14.3 Å². The zero-order valence-corrected chi connectivity index (χ0v) is 11.5. The van der Waals surface area contributed by atoms with E-state index in [1.807, 2.05) is 6.92 Å². The second-order valence-corrected chi connectivity index (χ2v) is 4.91. The summed E-state index contributed by atoms with van der Waals surface area (Å²) in [6, 6.07) is 0. The second-order valence-electron chi connectivity index (χ2n) is 4.91. The third-order valence-corrected chi connectivity index (χ3v) is 3.43. The first-order chi connectivity index (χ1) is 8.69. The van der Waals surface area contributed by atoms with Gasteiger partial charge in [0.05, 0.1) is 6.61 Å². The molecular weight excluding hydrogens is 228 g/mol. The Morgan fingerprint density at radius 3 is 2.83 bits per heavy atom. The molecule has 1 fully saturated rings. The quantitative estimate of drug-likeness (QED) is 0.516. The Morgan fingerprint density at radius 2 is 2.17 bits per heavy atom. The molecule has 0 amide bonds. The van der Waals surface area contributed by atoms with Crippen molar-refractivity contribution in [2.75, 3.05) is 6.61 Å². The van der Waals surface area contributed by atoms with Gasteiger partial charge < -0.3 is 4.74 Å². The standard InChI is InChI=1S/C15H24O3/c1-3-5-6-7-13-12(8-9-14(13)16)11-15(17)18-10-4-2/h5-6,12-13H,3-4,7-11H2,1-2H3/b6-5-. The number of allylic oxidation sites excluding steroid dienone is 2. The Hall–Kier alpha value is -1.12.